The minimum absolute atomic E-state index is 0.116. The summed E-state index contributed by atoms with van der Waals surface area (Å²) in [5.41, 5.74) is 0.728. The Morgan fingerprint density at radius 2 is 1.77 bits per heavy atom. The quantitative estimate of drug-likeness (QED) is 0.718. The first-order valence-electron chi connectivity index (χ1n) is 9.42. The Labute approximate surface area is 155 Å². The van der Waals surface area contributed by atoms with Crippen molar-refractivity contribution < 1.29 is 9.53 Å². The van der Waals surface area contributed by atoms with Gasteiger partial charge in [-0.25, -0.2) is 0 Å². The Kier molecular flexibility index (Phi) is 7.02. The number of benzene rings is 1. The van der Waals surface area contributed by atoms with Crippen LogP contribution in [0.1, 0.15) is 29.6 Å². The predicted molar refractivity (Wildman–Crippen MR) is 102 cm³/mol. The van der Waals surface area contributed by atoms with Crippen LogP contribution in [0.3, 0.4) is 0 Å². The average molecular weight is 353 g/mol. The molecule has 1 aromatic carbocycles. The summed E-state index contributed by atoms with van der Waals surface area (Å²) < 4.78 is 5.74. The van der Waals surface area contributed by atoms with Crippen molar-refractivity contribution in [3.63, 3.8) is 0 Å². The van der Waals surface area contributed by atoms with Crippen LogP contribution < -0.4 is 4.74 Å². The standard InChI is InChI=1S/C21H27N3O2/c25-21(19-9-11-22-12-10-19)24-15-6-14-23(16-17-24)13-4-5-18-26-20-7-2-1-3-8-20/h1-3,7-12H,4-6,13-18H2. The highest BCUT2D eigenvalue weighted by atomic mass is 16.5. The lowest BCUT2D eigenvalue weighted by Gasteiger charge is -2.22. The summed E-state index contributed by atoms with van der Waals surface area (Å²) in [7, 11) is 0. The number of hydrogen-bond acceptors (Lipinski definition) is 4. The number of unbranched alkanes of at least 4 members (excludes halogenated alkanes) is 1. The first-order valence-corrected chi connectivity index (χ1v) is 9.42. The van der Waals surface area contributed by atoms with Crippen LogP contribution in [0.15, 0.2) is 54.9 Å². The van der Waals surface area contributed by atoms with Gasteiger partial charge in [-0.2, -0.15) is 0 Å². The third-order valence-electron chi connectivity index (χ3n) is 4.68. The van der Waals surface area contributed by atoms with Crippen molar-refractivity contribution in [2.75, 3.05) is 39.3 Å². The summed E-state index contributed by atoms with van der Waals surface area (Å²) in [5.74, 6) is 1.05. The molecule has 0 atom stereocenters. The molecule has 1 aliphatic rings. The second-order valence-electron chi connectivity index (χ2n) is 6.59. The number of rotatable bonds is 7. The van der Waals surface area contributed by atoms with Crippen LogP contribution in [0, 0.1) is 0 Å². The van der Waals surface area contributed by atoms with E-state index in [1.165, 1.54) is 0 Å². The summed E-state index contributed by atoms with van der Waals surface area (Å²) in [6, 6.07) is 13.5. The molecular weight excluding hydrogens is 326 g/mol. The number of ether oxygens (including phenoxy) is 1. The second kappa shape index (κ2) is 9.92. The summed E-state index contributed by atoms with van der Waals surface area (Å²) in [5, 5.41) is 0. The fourth-order valence-corrected chi connectivity index (χ4v) is 3.22. The second-order valence-corrected chi connectivity index (χ2v) is 6.59. The molecule has 2 heterocycles. The maximum absolute atomic E-state index is 12.6. The topological polar surface area (TPSA) is 45.7 Å². The Balaban J connectivity index is 1.35. The number of carbonyl (C=O) groups is 1. The Morgan fingerprint density at radius 1 is 0.962 bits per heavy atom. The van der Waals surface area contributed by atoms with Gasteiger partial charge < -0.3 is 14.5 Å². The van der Waals surface area contributed by atoms with Crippen molar-refractivity contribution in [1.82, 2.24) is 14.8 Å². The summed E-state index contributed by atoms with van der Waals surface area (Å²) >= 11 is 0. The summed E-state index contributed by atoms with van der Waals surface area (Å²) in [6.45, 7) is 5.44. The van der Waals surface area contributed by atoms with Crippen molar-refractivity contribution in [3.05, 3.63) is 60.4 Å². The lowest BCUT2D eigenvalue weighted by Crippen LogP contribution is -2.35. The molecule has 0 bridgehead atoms. The largest absolute Gasteiger partial charge is 0.494 e. The number of hydrogen-bond donors (Lipinski definition) is 0. The molecule has 1 saturated heterocycles. The van der Waals surface area contributed by atoms with Crippen molar-refractivity contribution in [2.24, 2.45) is 0 Å². The number of amides is 1. The van der Waals surface area contributed by atoms with Crippen LogP contribution in [-0.4, -0.2) is 60.0 Å². The molecule has 1 amide bonds. The molecule has 2 aromatic rings. The fraction of sp³-hybridized carbons (Fsp3) is 0.429. The summed E-state index contributed by atoms with van der Waals surface area (Å²) in [6.07, 6.45) is 6.54. The minimum atomic E-state index is 0.116. The molecule has 26 heavy (non-hydrogen) atoms. The van der Waals surface area contributed by atoms with E-state index in [2.05, 4.69) is 9.88 Å². The molecule has 3 rings (SSSR count). The number of pyridine rings is 1. The third-order valence-corrected chi connectivity index (χ3v) is 4.68. The maximum Gasteiger partial charge on any atom is 0.254 e. The van der Waals surface area contributed by atoms with Crippen LogP contribution >= 0.6 is 0 Å². The Hall–Kier alpha value is -2.40. The monoisotopic (exact) mass is 353 g/mol. The van der Waals surface area contributed by atoms with E-state index in [1.54, 1.807) is 24.5 Å². The molecule has 0 aliphatic carbocycles. The average Bonchev–Trinajstić information content (AvgIpc) is 2.94. The summed E-state index contributed by atoms with van der Waals surface area (Å²) in [4.78, 5) is 21.0. The van der Waals surface area contributed by atoms with E-state index < -0.39 is 0 Å². The van der Waals surface area contributed by atoms with Gasteiger partial charge in [0.2, 0.25) is 0 Å². The molecule has 0 unspecified atom stereocenters. The van der Waals surface area contributed by atoms with E-state index in [1.807, 2.05) is 35.2 Å². The lowest BCUT2D eigenvalue weighted by atomic mass is 10.2. The van der Waals surface area contributed by atoms with Gasteiger partial charge in [0.25, 0.3) is 5.91 Å². The van der Waals surface area contributed by atoms with E-state index in [4.69, 9.17) is 4.74 Å². The van der Waals surface area contributed by atoms with Gasteiger partial charge in [0.15, 0.2) is 0 Å². The zero-order valence-electron chi connectivity index (χ0n) is 15.2. The highest BCUT2D eigenvalue weighted by Crippen LogP contribution is 2.11. The molecular formula is C21H27N3O2. The number of carbonyl (C=O) groups excluding carboxylic acids is 1. The first-order chi connectivity index (χ1) is 12.8. The van der Waals surface area contributed by atoms with Crippen LogP contribution in [0.5, 0.6) is 5.75 Å². The molecule has 0 N–H and O–H groups in total. The van der Waals surface area contributed by atoms with E-state index in [0.717, 1.165) is 69.9 Å². The molecule has 138 valence electrons. The Bertz CT molecular complexity index is 663. The van der Waals surface area contributed by atoms with E-state index in [-0.39, 0.29) is 5.91 Å². The lowest BCUT2D eigenvalue weighted by molar-refractivity contribution is 0.0761. The number of aromatic nitrogens is 1. The molecule has 1 aromatic heterocycles. The molecule has 0 radical (unpaired) electrons. The third kappa shape index (κ3) is 5.56. The zero-order valence-corrected chi connectivity index (χ0v) is 15.2. The van der Waals surface area contributed by atoms with Gasteiger partial charge in [-0.1, -0.05) is 18.2 Å². The molecule has 5 heteroatoms. The minimum Gasteiger partial charge on any atom is -0.494 e. The van der Waals surface area contributed by atoms with E-state index in [9.17, 15) is 4.79 Å². The molecule has 1 aliphatic heterocycles. The number of para-hydroxylation sites is 1. The normalized spacial score (nSPS) is 15.5. The van der Waals surface area contributed by atoms with Gasteiger partial charge in [0.05, 0.1) is 6.61 Å². The van der Waals surface area contributed by atoms with Gasteiger partial charge in [-0.3, -0.25) is 9.78 Å². The highest BCUT2D eigenvalue weighted by molar-refractivity contribution is 5.94. The van der Waals surface area contributed by atoms with Crippen LogP contribution in [0.25, 0.3) is 0 Å². The molecule has 0 saturated carbocycles. The van der Waals surface area contributed by atoms with Crippen molar-refractivity contribution in [1.29, 1.82) is 0 Å². The van der Waals surface area contributed by atoms with Crippen molar-refractivity contribution in [2.45, 2.75) is 19.3 Å². The van der Waals surface area contributed by atoms with Crippen molar-refractivity contribution in [3.8, 4) is 5.75 Å². The smallest absolute Gasteiger partial charge is 0.254 e. The van der Waals surface area contributed by atoms with E-state index >= 15 is 0 Å². The predicted octanol–water partition coefficient (Wildman–Crippen LogP) is 3.09. The van der Waals surface area contributed by atoms with Gasteiger partial charge in [0, 0.05) is 37.6 Å². The zero-order chi connectivity index (χ0) is 18.0. The molecule has 1 fully saturated rings. The SMILES string of the molecule is O=C(c1ccncc1)N1CCCN(CCCCOc2ccccc2)CC1. The number of nitrogens with zero attached hydrogens (tertiary/aromatic N) is 3. The van der Waals surface area contributed by atoms with Gasteiger partial charge >= 0.3 is 0 Å². The van der Waals surface area contributed by atoms with Crippen LogP contribution in [0.4, 0.5) is 0 Å². The van der Waals surface area contributed by atoms with Gasteiger partial charge in [0.1, 0.15) is 5.75 Å². The molecule has 0 spiro atoms. The van der Waals surface area contributed by atoms with E-state index in [0.29, 0.717) is 0 Å². The fourth-order valence-electron chi connectivity index (χ4n) is 3.22. The maximum atomic E-state index is 12.6. The Morgan fingerprint density at radius 3 is 2.58 bits per heavy atom. The van der Waals surface area contributed by atoms with Gasteiger partial charge in [-0.05, 0) is 56.6 Å². The van der Waals surface area contributed by atoms with Crippen LogP contribution in [0.2, 0.25) is 0 Å². The van der Waals surface area contributed by atoms with Gasteiger partial charge in [-0.15, -0.1) is 0 Å². The molecule has 5 nitrogen and oxygen atoms in total. The highest BCUT2D eigenvalue weighted by Gasteiger charge is 2.19. The van der Waals surface area contributed by atoms with Crippen LogP contribution in [-0.2, 0) is 0 Å². The van der Waals surface area contributed by atoms with Crippen molar-refractivity contribution >= 4 is 5.91 Å². The first kappa shape index (κ1) is 18.4.